The number of para-hydroxylation sites is 1. The van der Waals surface area contributed by atoms with Crippen molar-refractivity contribution in [2.24, 2.45) is 0 Å². The lowest BCUT2D eigenvalue weighted by Gasteiger charge is -2.15. The molecule has 7 heteroatoms. The summed E-state index contributed by atoms with van der Waals surface area (Å²) in [7, 11) is 1.39. The van der Waals surface area contributed by atoms with Gasteiger partial charge in [-0.05, 0) is 31.2 Å². The first-order chi connectivity index (χ1) is 11.5. The molecular formula is C17H16FN3O3. The Kier molecular flexibility index (Phi) is 4.07. The molecule has 0 aliphatic heterocycles. The summed E-state index contributed by atoms with van der Waals surface area (Å²) >= 11 is 0. The molecule has 1 atom stereocenters. The van der Waals surface area contributed by atoms with Crippen molar-refractivity contribution in [2.45, 2.75) is 13.0 Å². The fraction of sp³-hybridized carbons (Fsp3) is 0.176. The van der Waals surface area contributed by atoms with Gasteiger partial charge < -0.3 is 15.2 Å². The number of benzene rings is 2. The van der Waals surface area contributed by atoms with Gasteiger partial charge in [0.05, 0.1) is 18.7 Å². The van der Waals surface area contributed by atoms with Crippen LogP contribution in [0.5, 0.6) is 5.75 Å². The number of aromatic nitrogens is 2. The highest BCUT2D eigenvalue weighted by molar-refractivity contribution is 5.85. The number of amides is 1. The van der Waals surface area contributed by atoms with Gasteiger partial charge in [0, 0.05) is 5.69 Å². The fourth-order valence-electron chi connectivity index (χ4n) is 2.70. The summed E-state index contributed by atoms with van der Waals surface area (Å²) in [4.78, 5) is 15.5. The molecule has 124 valence electrons. The average Bonchev–Trinajstić information content (AvgIpc) is 2.95. The van der Waals surface area contributed by atoms with E-state index in [9.17, 15) is 9.18 Å². The number of carbonyl (C=O) groups is 1. The molecule has 0 saturated heterocycles. The van der Waals surface area contributed by atoms with E-state index in [1.165, 1.54) is 13.2 Å². The van der Waals surface area contributed by atoms with E-state index in [-0.39, 0.29) is 5.75 Å². The van der Waals surface area contributed by atoms with Crippen LogP contribution in [0.15, 0.2) is 42.5 Å². The van der Waals surface area contributed by atoms with Gasteiger partial charge >= 0.3 is 6.09 Å². The molecule has 1 heterocycles. The second kappa shape index (κ2) is 6.19. The second-order valence-corrected chi connectivity index (χ2v) is 5.26. The summed E-state index contributed by atoms with van der Waals surface area (Å²) in [5.41, 5.74) is 1.71. The van der Waals surface area contributed by atoms with Crippen molar-refractivity contribution in [1.29, 1.82) is 0 Å². The van der Waals surface area contributed by atoms with E-state index in [2.05, 4.69) is 10.3 Å². The normalized spacial score (nSPS) is 12.1. The topological polar surface area (TPSA) is 76.4 Å². The molecule has 6 nitrogen and oxygen atoms in total. The molecule has 3 rings (SSSR count). The van der Waals surface area contributed by atoms with E-state index in [4.69, 9.17) is 9.84 Å². The zero-order valence-electron chi connectivity index (χ0n) is 13.2. The Hall–Kier alpha value is -3.09. The molecule has 0 fully saturated rings. The molecule has 0 aliphatic rings. The highest BCUT2D eigenvalue weighted by atomic mass is 19.1. The molecule has 0 aliphatic carbocycles. The molecule has 2 aromatic carbocycles. The number of hydrogen-bond donors (Lipinski definition) is 2. The highest BCUT2D eigenvalue weighted by Crippen LogP contribution is 2.33. The van der Waals surface area contributed by atoms with Crippen LogP contribution in [0.3, 0.4) is 0 Å². The number of nitrogens with one attached hydrogen (secondary N) is 1. The van der Waals surface area contributed by atoms with Gasteiger partial charge in [-0.15, -0.1) is 0 Å². The summed E-state index contributed by atoms with van der Waals surface area (Å²) in [5.74, 6) is 0.00704. The lowest BCUT2D eigenvalue weighted by Crippen LogP contribution is -2.26. The number of carboxylic acid groups (broad SMARTS) is 1. The quantitative estimate of drug-likeness (QED) is 0.768. The van der Waals surface area contributed by atoms with Crippen molar-refractivity contribution < 1.29 is 19.0 Å². The minimum Gasteiger partial charge on any atom is -0.491 e. The molecule has 0 bridgehead atoms. The van der Waals surface area contributed by atoms with Gasteiger partial charge in [-0.1, -0.05) is 18.2 Å². The number of ether oxygens (including phenoxy) is 1. The standard InChI is InChI=1S/C17H16FN3O3/c1-10(19-17(22)23)16-20-13-9-8-12(18)15(24-2)14(13)21(16)11-6-4-3-5-7-11/h3-10,19H,1-2H3,(H,22,23)/t10-/m0/s1. The zero-order valence-corrected chi connectivity index (χ0v) is 13.2. The van der Waals surface area contributed by atoms with Crippen LogP contribution in [0.2, 0.25) is 0 Å². The maximum absolute atomic E-state index is 14.2. The van der Waals surface area contributed by atoms with Gasteiger partial charge in [-0.2, -0.15) is 0 Å². The van der Waals surface area contributed by atoms with Crippen LogP contribution in [0.25, 0.3) is 16.7 Å². The first kappa shape index (κ1) is 15.8. The summed E-state index contributed by atoms with van der Waals surface area (Å²) < 4.78 is 21.1. The molecule has 2 N–H and O–H groups in total. The summed E-state index contributed by atoms with van der Waals surface area (Å²) in [6, 6.07) is 11.4. The van der Waals surface area contributed by atoms with Crippen molar-refractivity contribution in [3.63, 3.8) is 0 Å². The molecule has 3 aromatic rings. The third kappa shape index (κ3) is 2.64. The van der Waals surface area contributed by atoms with Gasteiger partial charge in [0.1, 0.15) is 11.3 Å². The SMILES string of the molecule is COc1c(F)ccc2nc([C@H](C)NC(=O)O)n(-c3ccccc3)c12. The van der Waals surface area contributed by atoms with Gasteiger partial charge in [-0.3, -0.25) is 4.57 Å². The number of hydrogen-bond acceptors (Lipinski definition) is 3. The molecular weight excluding hydrogens is 313 g/mol. The first-order valence-electron chi connectivity index (χ1n) is 7.32. The van der Waals surface area contributed by atoms with E-state index in [1.807, 2.05) is 30.3 Å². The van der Waals surface area contributed by atoms with E-state index in [0.717, 1.165) is 5.69 Å². The number of fused-ring (bicyclic) bond motifs is 1. The molecule has 24 heavy (non-hydrogen) atoms. The van der Waals surface area contributed by atoms with Crippen molar-refractivity contribution in [3.8, 4) is 11.4 Å². The largest absolute Gasteiger partial charge is 0.491 e. The van der Waals surface area contributed by atoms with E-state index in [1.54, 1.807) is 17.6 Å². The number of methoxy groups -OCH3 is 1. The van der Waals surface area contributed by atoms with E-state index >= 15 is 0 Å². The predicted molar refractivity (Wildman–Crippen MR) is 87.2 cm³/mol. The monoisotopic (exact) mass is 329 g/mol. The Morgan fingerprint density at radius 1 is 1.29 bits per heavy atom. The predicted octanol–water partition coefficient (Wildman–Crippen LogP) is 3.50. The maximum atomic E-state index is 14.2. The minimum absolute atomic E-state index is 0.0672. The summed E-state index contributed by atoms with van der Waals surface area (Å²) in [5, 5.41) is 11.4. The molecule has 1 aromatic heterocycles. The van der Waals surface area contributed by atoms with Crippen LogP contribution in [0.1, 0.15) is 18.8 Å². The van der Waals surface area contributed by atoms with Crippen LogP contribution in [-0.4, -0.2) is 27.9 Å². The van der Waals surface area contributed by atoms with Gasteiger partial charge in [-0.25, -0.2) is 14.2 Å². The Morgan fingerprint density at radius 3 is 2.62 bits per heavy atom. The lowest BCUT2D eigenvalue weighted by molar-refractivity contribution is 0.190. The third-order valence-electron chi connectivity index (χ3n) is 3.70. The molecule has 1 amide bonds. The Morgan fingerprint density at radius 2 is 2.00 bits per heavy atom. The second-order valence-electron chi connectivity index (χ2n) is 5.26. The van der Waals surface area contributed by atoms with Crippen molar-refractivity contribution in [1.82, 2.24) is 14.9 Å². The number of halogens is 1. The van der Waals surface area contributed by atoms with E-state index < -0.39 is 18.0 Å². The molecule has 0 saturated carbocycles. The first-order valence-corrected chi connectivity index (χ1v) is 7.32. The average molecular weight is 329 g/mol. The van der Waals surface area contributed by atoms with Crippen molar-refractivity contribution in [2.75, 3.05) is 7.11 Å². The van der Waals surface area contributed by atoms with Crippen molar-refractivity contribution >= 4 is 17.1 Å². The van der Waals surface area contributed by atoms with Gasteiger partial charge in [0.15, 0.2) is 11.6 Å². The van der Waals surface area contributed by atoms with Crippen LogP contribution in [-0.2, 0) is 0 Å². The maximum Gasteiger partial charge on any atom is 0.405 e. The Bertz CT molecular complexity index is 893. The van der Waals surface area contributed by atoms with Crippen LogP contribution in [0, 0.1) is 5.82 Å². The lowest BCUT2D eigenvalue weighted by atomic mass is 10.2. The number of rotatable bonds is 4. The third-order valence-corrected chi connectivity index (χ3v) is 3.70. The smallest absolute Gasteiger partial charge is 0.405 e. The van der Waals surface area contributed by atoms with Crippen molar-refractivity contribution in [3.05, 3.63) is 54.1 Å². The fourth-order valence-corrected chi connectivity index (χ4v) is 2.70. The van der Waals surface area contributed by atoms with Crippen LogP contribution in [0.4, 0.5) is 9.18 Å². The molecule has 0 spiro atoms. The Balaban J connectivity index is 2.34. The summed E-state index contributed by atoms with van der Waals surface area (Å²) in [6.45, 7) is 1.68. The Labute approximate surface area is 137 Å². The van der Waals surface area contributed by atoms with Crippen LogP contribution >= 0.6 is 0 Å². The van der Waals surface area contributed by atoms with Gasteiger partial charge in [0.2, 0.25) is 0 Å². The zero-order chi connectivity index (χ0) is 17.3. The van der Waals surface area contributed by atoms with Crippen LogP contribution < -0.4 is 10.1 Å². The molecule has 0 unspecified atom stereocenters. The van der Waals surface area contributed by atoms with E-state index in [0.29, 0.717) is 16.9 Å². The summed E-state index contributed by atoms with van der Waals surface area (Å²) in [6.07, 6.45) is -1.16. The minimum atomic E-state index is -1.16. The number of imidazole rings is 1. The molecule has 0 radical (unpaired) electrons. The number of nitrogens with zero attached hydrogens (tertiary/aromatic N) is 2. The highest BCUT2D eigenvalue weighted by Gasteiger charge is 2.23. The van der Waals surface area contributed by atoms with Gasteiger partial charge in [0.25, 0.3) is 0 Å².